The van der Waals surface area contributed by atoms with Gasteiger partial charge >= 0.3 is 0 Å². The SMILES string of the molecule is CCCNC(C#N)CN(C)CCN1CCCC1. The van der Waals surface area contributed by atoms with E-state index in [-0.39, 0.29) is 6.04 Å². The van der Waals surface area contributed by atoms with E-state index in [9.17, 15) is 0 Å². The maximum Gasteiger partial charge on any atom is 0.108 e. The summed E-state index contributed by atoms with van der Waals surface area (Å²) in [5.74, 6) is 0. The summed E-state index contributed by atoms with van der Waals surface area (Å²) >= 11 is 0. The molecule has 4 heteroatoms. The third kappa shape index (κ3) is 6.02. The molecule has 1 N–H and O–H groups in total. The highest BCUT2D eigenvalue weighted by Gasteiger charge is 2.13. The molecule has 1 aliphatic rings. The minimum atomic E-state index is -0.0291. The predicted molar refractivity (Wildman–Crippen MR) is 70.9 cm³/mol. The van der Waals surface area contributed by atoms with Crippen LogP contribution in [0.1, 0.15) is 26.2 Å². The van der Waals surface area contributed by atoms with Gasteiger partial charge in [-0.25, -0.2) is 0 Å². The van der Waals surface area contributed by atoms with Crippen LogP contribution in [0.15, 0.2) is 0 Å². The van der Waals surface area contributed by atoms with Crippen LogP contribution in [0.4, 0.5) is 0 Å². The average Bonchev–Trinajstić information content (AvgIpc) is 2.85. The van der Waals surface area contributed by atoms with Crippen molar-refractivity contribution < 1.29 is 0 Å². The zero-order chi connectivity index (χ0) is 12.5. The van der Waals surface area contributed by atoms with Gasteiger partial charge in [-0.3, -0.25) is 0 Å². The molecular weight excluding hydrogens is 212 g/mol. The predicted octanol–water partition coefficient (Wildman–Crippen LogP) is 0.906. The Morgan fingerprint density at radius 1 is 1.41 bits per heavy atom. The zero-order valence-corrected chi connectivity index (χ0v) is 11.3. The Balaban J connectivity index is 2.13. The first-order valence-electron chi connectivity index (χ1n) is 6.80. The van der Waals surface area contributed by atoms with Gasteiger partial charge in [0.2, 0.25) is 0 Å². The van der Waals surface area contributed by atoms with E-state index in [4.69, 9.17) is 5.26 Å². The van der Waals surface area contributed by atoms with E-state index in [0.29, 0.717) is 0 Å². The molecule has 1 fully saturated rings. The van der Waals surface area contributed by atoms with Crippen LogP contribution in [0.3, 0.4) is 0 Å². The molecule has 1 saturated heterocycles. The van der Waals surface area contributed by atoms with Gasteiger partial charge in [0.05, 0.1) is 6.07 Å². The van der Waals surface area contributed by atoms with Crippen LogP contribution < -0.4 is 5.32 Å². The molecule has 1 atom stereocenters. The van der Waals surface area contributed by atoms with Crippen molar-refractivity contribution in [1.29, 1.82) is 5.26 Å². The molecule has 0 saturated carbocycles. The first-order valence-corrected chi connectivity index (χ1v) is 6.80. The molecule has 1 aliphatic heterocycles. The fraction of sp³-hybridized carbons (Fsp3) is 0.923. The molecule has 98 valence electrons. The monoisotopic (exact) mass is 238 g/mol. The molecule has 0 aromatic carbocycles. The number of nitrogens with zero attached hydrogens (tertiary/aromatic N) is 3. The number of likely N-dealkylation sites (tertiary alicyclic amines) is 1. The molecule has 0 aromatic heterocycles. The number of hydrogen-bond donors (Lipinski definition) is 1. The maximum atomic E-state index is 9.03. The van der Waals surface area contributed by atoms with Crippen LogP contribution >= 0.6 is 0 Å². The van der Waals surface area contributed by atoms with Gasteiger partial charge in [-0.05, 0) is 45.9 Å². The van der Waals surface area contributed by atoms with Crippen molar-refractivity contribution in [1.82, 2.24) is 15.1 Å². The standard InChI is InChI=1S/C13H26N4/c1-3-6-15-13(11-14)12-16(2)9-10-17-7-4-5-8-17/h13,15H,3-10,12H2,1-2H3. The van der Waals surface area contributed by atoms with Gasteiger partial charge in [0.15, 0.2) is 0 Å². The smallest absolute Gasteiger partial charge is 0.108 e. The Labute approximate surface area is 106 Å². The summed E-state index contributed by atoms with van der Waals surface area (Å²) in [6.07, 6.45) is 3.78. The number of hydrogen-bond acceptors (Lipinski definition) is 4. The molecular formula is C13H26N4. The lowest BCUT2D eigenvalue weighted by molar-refractivity contribution is 0.248. The maximum absolute atomic E-state index is 9.03. The first kappa shape index (κ1) is 14.4. The third-order valence-electron chi connectivity index (χ3n) is 3.29. The van der Waals surface area contributed by atoms with E-state index in [1.807, 2.05) is 0 Å². The lowest BCUT2D eigenvalue weighted by atomic mass is 10.3. The molecule has 4 nitrogen and oxygen atoms in total. The van der Waals surface area contributed by atoms with Crippen LogP contribution in [0.25, 0.3) is 0 Å². The number of rotatable bonds is 8. The minimum absolute atomic E-state index is 0.0291. The molecule has 1 heterocycles. The Morgan fingerprint density at radius 3 is 2.71 bits per heavy atom. The molecule has 0 aliphatic carbocycles. The van der Waals surface area contributed by atoms with Gasteiger partial charge < -0.3 is 15.1 Å². The van der Waals surface area contributed by atoms with Crippen LogP contribution in [0, 0.1) is 11.3 Å². The molecule has 0 radical (unpaired) electrons. The van der Waals surface area contributed by atoms with E-state index >= 15 is 0 Å². The Kier molecular flexibility index (Phi) is 7.18. The highest BCUT2D eigenvalue weighted by Crippen LogP contribution is 2.06. The second-order valence-electron chi connectivity index (χ2n) is 4.95. The molecule has 0 spiro atoms. The Hall–Kier alpha value is -0.630. The van der Waals surface area contributed by atoms with Crippen molar-refractivity contribution in [3.05, 3.63) is 0 Å². The number of nitriles is 1. The van der Waals surface area contributed by atoms with Gasteiger partial charge in [-0.1, -0.05) is 6.92 Å². The van der Waals surface area contributed by atoms with Gasteiger partial charge in [-0.2, -0.15) is 5.26 Å². The van der Waals surface area contributed by atoms with Gasteiger partial charge in [0.1, 0.15) is 6.04 Å². The summed E-state index contributed by atoms with van der Waals surface area (Å²) in [6.45, 7) is 8.59. The summed E-state index contributed by atoms with van der Waals surface area (Å²) < 4.78 is 0. The lowest BCUT2D eigenvalue weighted by Gasteiger charge is -2.23. The highest BCUT2D eigenvalue weighted by molar-refractivity contribution is 4.91. The molecule has 0 bridgehead atoms. The Bertz CT molecular complexity index is 230. The van der Waals surface area contributed by atoms with Gasteiger partial charge in [0.25, 0.3) is 0 Å². The van der Waals surface area contributed by atoms with Crippen LogP contribution in [0.2, 0.25) is 0 Å². The van der Waals surface area contributed by atoms with E-state index in [1.165, 1.54) is 25.9 Å². The second kappa shape index (κ2) is 8.46. The van der Waals surface area contributed by atoms with Gasteiger partial charge in [0, 0.05) is 19.6 Å². The number of likely N-dealkylation sites (N-methyl/N-ethyl adjacent to an activating group) is 1. The van der Waals surface area contributed by atoms with E-state index in [2.05, 4.69) is 35.2 Å². The van der Waals surface area contributed by atoms with Crippen LogP contribution in [0.5, 0.6) is 0 Å². The lowest BCUT2D eigenvalue weighted by Crippen LogP contribution is -2.41. The minimum Gasteiger partial charge on any atom is -0.302 e. The van der Waals surface area contributed by atoms with Crippen LogP contribution in [-0.2, 0) is 0 Å². The van der Waals surface area contributed by atoms with Crippen molar-refractivity contribution in [2.24, 2.45) is 0 Å². The van der Waals surface area contributed by atoms with Crippen molar-refractivity contribution in [2.75, 3.05) is 46.3 Å². The summed E-state index contributed by atoms with van der Waals surface area (Å²) in [6, 6.07) is 2.30. The largest absolute Gasteiger partial charge is 0.302 e. The number of nitrogens with one attached hydrogen (secondary N) is 1. The highest BCUT2D eigenvalue weighted by atomic mass is 15.2. The zero-order valence-electron chi connectivity index (χ0n) is 11.3. The van der Waals surface area contributed by atoms with E-state index in [1.54, 1.807) is 0 Å². The topological polar surface area (TPSA) is 42.3 Å². The summed E-state index contributed by atoms with van der Waals surface area (Å²) in [5.41, 5.74) is 0. The fourth-order valence-electron chi connectivity index (χ4n) is 2.19. The Morgan fingerprint density at radius 2 is 2.12 bits per heavy atom. The second-order valence-corrected chi connectivity index (χ2v) is 4.95. The summed E-state index contributed by atoms with van der Waals surface area (Å²) in [5, 5.41) is 12.3. The first-order chi connectivity index (χ1) is 8.26. The third-order valence-corrected chi connectivity index (χ3v) is 3.29. The summed E-state index contributed by atoms with van der Waals surface area (Å²) in [7, 11) is 2.11. The van der Waals surface area contributed by atoms with Crippen molar-refractivity contribution in [2.45, 2.75) is 32.2 Å². The molecule has 1 unspecified atom stereocenters. The van der Waals surface area contributed by atoms with Crippen molar-refractivity contribution in [3.8, 4) is 6.07 Å². The van der Waals surface area contributed by atoms with Crippen molar-refractivity contribution >= 4 is 0 Å². The summed E-state index contributed by atoms with van der Waals surface area (Å²) in [4.78, 5) is 4.77. The molecule has 1 rings (SSSR count). The van der Waals surface area contributed by atoms with E-state index < -0.39 is 0 Å². The molecule has 17 heavy (non-hydrogen) atoms. The van der Waals surface area contributed by atoms with Crippen molar-refractivity contribution in [3.63, 3.8) is 0 Å². The molecule has 0 amide bonds. The molecule has 0 aromatic rings. The quantitative estimate of drug-likeness (QED) is 0.682. The van der Waals surface area contributed by atoms with Gasteiger partial charge in [-0.15, -0.1) is 0 Å². The van der Waals surface area contributed by atoms with E-state index in [0.717, 1.165) is 32.6 Å². The fourth-order valence-corrected chi connectivity index (χ4v) is 2.19. The van der Waals surface area contributed by atoms with Crippen LogP contribution in [-0.4, -0.2) is 62.2 Å². The normalized spacial score (nSPS) is 18.5. The average molecular weight is 238 g/mol.